The summed E-state index contributed by atoms with van der Waals surface area (Å²) in [5.74, 6) is -0.944. The number of carbonyl (C=O) groups is 1. The maximum atomic E-state index is 12.2. The molecule has 0 spiro atoms. The average Bonchev–Trinajstić information content (AvgIpc) is 2.59. The Bertz CT molecular complexity index is 867. The fourth-order valence-electron chi connectivity index (χ4n) is 1.93. The number of rotatable bonds is 6. The number of nitrogens with one attached hydrogen (secondary N) is 2. The highest BCUT2D eigenvalue weighted by atomic mass is 35.5. The SMILES string of the molecule is O=C(NCC(F)(F)F)c1ccc(S(=O)(=O)NCc2ccc(Cl)cc2)cc1. The molecule has 2 rings (SSSR count). The van der Waals surface area contributed by atoms with Crippen molar-refractivity contribution < 1.29 is 26.4 Å². The molecule has 2 N–H and O–H groups in total. The lowest BCUT2D eigenvalue weighted by molar-refractivity contribution is -0.123. The van der Waals surface area contributed by atoms with Crippen LogP contribution in [0.1, 0.15) is 15.9 Å². The molecule has 0 aromatic heterocycles. The number of halogens is 4. The minimum absolute atomic E-state index is 0.0350. The minimum Gasteiger partial charge on any atom is -0.343 e. The predicted octanol–water partition coefficient (Wildman–Crippen LogP) is 3.11. The number of amides is 1. The third-order valence-corrected chi connectivity index (χ3v) is 4.92. The van der Waals surface area contributed by atoms with E-state index in [4.69, 9.17) is 11.6 Å². The van der Waals surface area contributed by atoms with Crippen LogP contribution in [0.25, 0.3) is 0 Å². The second-order valence-corrected chi connectivity index (χ2v) is 7.48. The van der Waals surface area contributed by atoms with E-state index < -0.39 is 28.7 Å². The molecule has 0 atom stereocenters. The first kappa shape index (κ1) is 20.2. The van der Waals surface area contributed by atoms with E-state index in [1.54, 1.807) is 29.6 Å². The molecule has 0 radical (unpaired) electrons. The number of carbonyl (C=O) groups excluding carboxylic acids is 1. The van der Waals surface area contributed by atoms with Gasteiger partial charge in [-0.2, -0.15) is 13.2 Å². The molecule has 0 aliphatic heterocycles. The first-order valence-corrected chi connectivity index (χ1v) is 9.12. The third-order valence-electron chi connectivity index (χ3n) is 3.26. The lowest BCUT2D eigenvalue weighted by atomic mass is 10.2. The van der Waals surface area contributed by atoms with E-state index in [2.05, 4.69) is 4.72 Å². The molecule has 1 amide bonds. The van der Waals surface area contributed by atoms with Crippen molar-refractivity contribution in [3.8, 4) is 0 Å². The molecule has 0 fully saturated rings. The zero-order chi connectivity index (χ0) is 19.4. The number of sulfonamides is 1. The highest BCUT2D eigenvalue weighted by molar-refractivity contribution is 7.89. The Labute approximate surface area is 153 Å². The predicted molar refractivity (Wildman–Crippen MR) is 90.3 cm³/mol. The first-order valence-electron chi connectivity index (χ1n) is 7.26. The van der Waals surface area contributed by atoms with Crippen molar-refractivity contribution in [1.29, 1.82) is 0 Å². The van der Waals surface area contributed by atoms with Crippen LogP contribution in [0, 0.1) is 0 Å². The van der Waals surface area contributed by atoms with Crippen LogP contribution in [0.3, 0.4) is 0 Å². The van der Waals surface area contributed by atoms with Crippen molar-refractivity contribution in [2.24, 2.45) is 0 Å². The number of hydrogen-bond acceptors (Lipinski definition) is 3. The van der Waals surface area contributed by atoms with Crippen molar-refractivity contribution in [2.75, 3.05) is 6.54 Å². The summed E-state index contributed by atoms with van der Waals surface area (Å²) >= 11 is 5.75. The highest BCUT2D eigenvalue weighted by Crippen LogP contribution is 2.15. The molecule has 0 bridgehead atoms. The van der Waals surface area contributed by atoms with E-state index in [1.807, 2.05) is 0 Å². The van der Waals surface area contributed by atoms with Gasteiger partial charge in [-0.25, -0.2) is 13.1 Å². The molecule has 0 heterocycles. The van der Waals surface area contributed by atoms with Gasteiger partial charge in [0, 0.05) is 17.1 Å². The molecule has 26 heavy (non-hydrogen) atoms. The molecule has 0 aliphatic carbocycles. The van der Waals surface area contributed by atoms with Crippen molar-refractivity contribution in [3.05, 3.63) is 64.7 Å². The van der Waals surface area contributed by atoms with Crippen LogP contribution >= 0.6 is 11.6 Å². The van der Waals surface area contributed by atoms with Crippen LogP contribution in [0.4, 0.5) is 13.2 Å². The zero-order valence-corrected chi connectivity index (χ0v) is 14.8. The van der Waals surface area contributed by atoms with E-state index in [-0.39, 0.29) is 17.0 Å². The molecule has 0 unspecified atom stereocenters. The minimum atomic E-state index is -4.52. The Morgan fingerprint density at radius 1 is 1.00 bits per heavy atom. The van der Waals surface area contributed by atoms with Gasteiger partial charge < -0.3 is 5.32 Å². The molecule has 140 valence electrons. The van der Waals surface area contributed by atoms with E-state index in [9.17, 15) is 26.4 Å². The summed E-state index contributed by atoms with van der Waals surface area (Å²) in [5, 5.41) is 2.23. The average molecular weight is 407 g/mol. The Morgan fingerprint density at radius 2 is 1.58 bits per heavy atom. The van der Waals surface area contributed by atoms with Crippen LogP contribution in [-0.4, -0.2) is 27.0 Å². The second-order valence-electron chi connectivity index (χ2n) is 5.27. The van der Waals surface area contributed by atoms with Gasteiger partial charge in [-0.15, -0.1) is 0 Å². The van der Waals surface area contributed by atoms with E-state index in [0.717, 1.165) is 24.3 Å². The van der Waals surface area contributed by atoms with Gasteiger partial charge >= 0.3 is 6.18 Å². The van der Waals surface area contributed by atoms with Crippen LogP contribution in [0.2, 0.25) is 5.02 Å². The van der Waals surface area contributed by atoms with Gasteiger partial charge in [-0.3, -0.25) is 4.79 Å². The molecule has 0 saturated carbocycles. The van der Waals surface area contributed by atoms with Gasteiger partial charge in [0.15, 0.2) is 0 Å². The largest absolute Gasteiger partial charge is 0.405 e. The summed E-state index contributed by atoms with van der Waals surface area (Å²) in [6, 6.07) is 11.2. The fourth-order valence-corrected chi connectivity index (χ4v) is 3.08. The Kier molecular flexibility index (Phi) is 6.27. The summed E-state index contributed by atoms with van der Waals surface area (Å²) < 4.78 is 63.1. The van der Waals surface area contributed by atoms with Gasteiger partial charge in [0.25, 0.3) is 5.91 Å². The molecule has 0 saturated heterocycles. The Hall–Kier alpha value is -2.10. The summed E-state index contributed by atoms with van der Waals surface area (Å²) in [5.41, 5.74) is 0.618. The smallest absolute Gasteiger partial charge is 0.343 e. The lowest BCUT2D eigenvalue weighted by Gasteiger charge is -2.10. The van der Waals surface area contributed by atoms with Crippen molar-refractivity contribution in [2.45, 2.75) is 17.6 Å². The molecule has 2 aromatic carbocycles. The van der Waals surface area contributed by atoms with Gasteiger partial charge in [-0.1, -0.05) is 23.7 Å². The van der Waals surface area contributed by atoms with Gasteiger partial charge in [0.1, 0.15) is 6.54 Å². The molecular formula is C16H14ClF3N2O3S. The number of alkyl halides is 3. The van der Waals surface area contributed by atoms with Gasteiger partial charge in [-0.05, 0) is 42.0 Å². The van der Waals surface area contributed by atoms with Gasteiger partial charge in [0.05, 0.1) is 4.90 Å². The standard InChI is InChI=1S/C16H14ClF3N2O3S/c17-13-5-1-11(2-6-13)9-22-26(24,25)14-7-3-12(4-8-14)15(23)21-10-16(18,19)20/h1-8,22H,9-10H2,(H,21,23). The number of benzene rings is 2. The monoisotopic (exact) mass is 406 g/mol. The van der Waals surface area contributed by atoms with Crippen molar-refractivity contribution in [1.82, 2.24) is 10.0 Å². The highest BCUT2D eigenvalue weighted by Gasteiger charge is 2.28. The van der Waals surface area contributed by atoms with Crippen molar-refractivity contribution in [3.63, 3.8) is 0 Å². The van der Waals surface area contributed by atoms with Crippen LogP contribution < -0.4 is 10.0 Å². The normalized spacial score (nSPS) is 12.0. The van der Waals surface area contributed by atoms with Crippen LogP contribution in [-0.2, 0) is 16.6 Å². The van der Waals surface area contributed by atoms with Gasteiger partial charge in [0.2, 0.25) is 10.0 Å². The summed E-state index contributed by atoms with van der Waals surface area (Å²) in [7, 11) is -3.84. The molecule has 10 heteroatoms. The zero-order valence-electron chi connectivity index (χ0n) is 13.2. The third kappa shape index (κ3) is 6.01. The lowest BCUT2D eigenvalue weighted by Crippen LogP contribution is -2.33. The van der Waals surface area contributed by atoms with E-state index in [1.165, 1.54) is 0 Å². The summed E-state index contributed by atoms with van der Waals surface area (Å²) in [6.45, 7) is -1.43. The topological polar surface area (TPSA) is 75.3 Å². The van der Waals surface area contributed by atoms with Crippen LogP contribution in [0.5, 0.6) is 0 Å². The Morgan fingerprint density at radius 3 is 2.12 bits per heavy atom. The number of hydrogen-bond donors (Lipinski definition) is 2. The maximum Gasteiger partial charge on any atom is 0.405 e. The second kappa shape index (κ2) is 8.07. The van der Waals surface area contributed by atoms with Crippen LogP contribution in [0.15, 0.2) is 53.4 Å². The molecular weight excluding hydrogens is 393 g/mol. The van der Waals surface area contributed by atoms with E-state index in [0.29, 0.717) is 10.6 Å². The molecule has 5 nitrogen and oxygen atoms in total. The van der Waals surface area contributed by atoms with Crippen molar-refractivity contribution >= 4 is 27.5 Å². The molecule has 0 aliphatic rings. The quantitative estimate of drug-likeness (QED) is 0.774. The summed E-state index contributed by atoms with van der Waals surface area (Å²) in [6.07, 6.45) is -4.52. The maximum absolute atomic E-state index is 12.2. The Balaban J connectivity index is 2.01. The fraction of sp³-hybridized carbons (Fsp3) is 0.188. The summed E-state index contributed by atoms with van der Waals surface area (Å²) in [4.78, 5) is 11.5. The van der Waals surface area contributed by atoms with E-state index >= 15 is 0 Å². The molecule has 2 aromatic rings. The first-order chi connectivity index (χ1) is 12.1.